The van der Waals surface area contributed by atoms with Crippen molar-refractivity contribution in [3.63, 3.8) is 0 Å². The van der Waals surface area contributed by atoms with E-state index < -0.39 is 24.0 Å². The molecule has 6 heteroatoms. The first-order chi connectivity index (χ1) is 9.04. The standard InChI is InChI=1S/C13H15NO5/c1-9(7-15)11(12(16)17)14-13(18)19-8-10-5-3-2-4-6-10/h2-7,9,11H,8H2,1H3,(H,14,18)(H,16,17)/t9-,11-/m0/s1. The fraction of sp³-hybridized carbons (Fsp3) is 0.308. The highest BCUT2D eigenvalue weighted by atomic mass is 16.5. The summed E-state index contributed by atoms with van der Waals surface area (Å²) in [4.78, 5) is 32.9. The van der Waals surface area contributed by atoms with E-state index in [1.54, 1.807) is 24.3 Å². The van der Waals surface area contributed by atoms with Crippen molar-refractivity contribution < 1.29 is 24.2 Å². The number of carbonyl (C=O) groups is 3. The molecule has 2 N–H and O–H groups in total. The van der Waals surface area contributed by atoms with Gasteiger partial charge in [-0.25, -0.2) is 9.59 Å². The van der Waals surface area contributed by atoms with Crippen molar-refractivity contribution in [2.24, 2.45) is 5.92 Å². The lowest BCUT2D eigenvalue weighted by Gasteiger charge is -2.16. The van der Waals surface area contributed by atoms with Gasteiger partial charge < -0.3 is 20.0 Å². The number of nitrogens with one attached hydrogen (secondary N) is 1. The summed E-state index contributed by atoms with van der Waals surface area (Å²) >= 11 is 0. The number of amides is 1. The van der Waals surface area contributed by atoms with Gasteiger partial charge in [-0.2, -0.15) is 0 Å². The molecule has 0 saturated carbocycles. The molecule has 0 aromatic heterocycles. The van der Waals surface area contributed by atoms with E-state index in [1.165, 1.54) is 6.92 Å². The number of carbonyl (C=O) groups excluding carboxylic acids is 2. The monoisotopic (exact) mass is 265 g/mol. The molecule has 0 saturated heterocycles. The minimum absolute atomic E-state index is 0.0362. The summed E-state index contributed by atoms with van der Waals surface area (Å²) in [6, 6.07) is 7.68. The van der Waals surface area contributed by atoms with E-state index in [0.717, 1.165) is 5.56 Å². The molecule has 0 spiro atoms. The van der Waals surface area contributed by atoms with Crippen molar-refractivity contribution >= 4 is 18.3 Å². The summed E-state index contributed by atoms with van der Waals surface area (Å²) in [5.74, 6) is -2.11. The minimum atomic E-state index is -1.29. The first-order valence-corrected chi connectivity index (χ1v) is 5.70. The van der Waals surface area contributed by atoms with Gasteiger partial charge in [0.1, 0.15) is 18.9 Å². The molecule has 2 atom stereocenters. The summed E-state index contributed by atoms with van der Waals surface area (Å²) < 4.78 is 4.87. The number of hydrogen-bond donors (Lipinski definition) is 2. The van der Waals surface area contributed by atoms with E-state index in [4.69, 9.17) is 9.84 Å². The molecule has 0 heterocycles. The van der Waals surface area contributed by atoms with Crippen LogP contribution in [0.4, 0.5) is 4.79 Å². The predicted molar refractivity (Wildman–Crippen MR) is 66.4 cm³/mol. The Hall–Kier alpha value is -2.37. The smallest absolute Gasteiger partial charge is 0.408 e. The molecule has 1 rings (SSSR count). The van der Waals surface area contributed by atoms with Crippen molar-refractivity contribution in [3.05, 3.63) is 35.9 Å². The van der Waals surface area contributed by atoms with Gasteiger partial charge >= 0.3 is 12.1 Å². The largest absolute Gasteiger partial charge is 0.480 e. The number of carboxylic acid groups (broad SMARTS) is 1. The van der Waals surface area contributed by atoms with Crippen LogP contribution in [0.5, 0.6) is 0 Å². The van der Waals surface area contributed by atoms with Crippen LogP contribution in [0.25, 0.3) is 0 Å². The van der Waals surface area contributed by atoms with Crippen LogP contribution in [0.2, 0.25) is 0 Å². The lowest BCUT2D eigenvalue weighted by atomic mass is 10.0. The maximum absolute atomic E-state index is 11.4. The fourth-order valence-corrected chi connectivity index (χ4v) is 1.39. The molecule has 1 aromatic carbocycles. The normalized spacial score (nSPS) is 13.1. The number of hydrogen-bond acceptors (Lipinski definition) is 4. The van der Waals surface area contributed by atoms with Crippen LogP contribution in [0.1, 0.15) is 12.5 Å². The van der Waals surface area contributed by atoms with Gasteiger partial charge in [-0.15, -0.1) is 0 Å². The van der Waals surface area contributed by atoms with Crippen molar-refractivity contribution in [2.75, 3.05) is 0 Å². The van der Waals surface area contributed by atoms with Crippen molar-refractivity contribution in [1.82, 2.24) is 5.32 Å². The number of benzene rings is 1. The number of ether oxygens (including phenoxy) is 1. The van der Waals surface area contributed by atoms with Crippen LogP contribution in [0, 0.1) is 5.92 Å². The van der Waals surface area contributed by atoms with E-state index >= 15 is 0 Å². The average molecular weight is 265 g/mol. The van der Waals surface area contributed by atoms with Gasteiger partial charge in [0.2, 0.25) is 0 Å². The van der Waals surface area contributed by atoms with Gasteiger partial charge in [0, 0.05) is 5.92 Å². The first kappa shape index (κ1) is 14.7. The van der Waals surface area contributed by atoms with E-state index in [1.807, 2.05) is 6.07 Å². The van der Waals surface area contributed by atoms with Crippen LogP contribution in [-0.4, -0.2) is 29.5 Å². The van der Waals surface area contributed by atoms with Crippen LogP contribution >= 0.6 is 0 Å². The highest BCUT2D eigenvalue weighted by Gasteiger charge is 2.26. The molecule has 6 nitrogen and oxygen atoms in total. The minimum Gasteiger partial charge on any atom is -0.480 e. The zero-order valence-electron chi connectivity index (χ0n) is 10.4. The van der Waals surface area contributed by atoms with Crippen LogP contribution in [0.3, 0.4) is 0 Å². The molecule has 0 aliphatic carbocycles. The van der Waals surface area contributed by atoms with Gasteiger partial charge in [-0.1, -0.05) is 37.3 Å². The number of aldehydes is 1. The third-order valence-corrected chi connectivity index (χ3v) is 2.49. The number of alkyl carbamates (subject to hydrolysis) is 1. The number of aliphatic carboxylic acids is 1. The van der Waals surface area contributed by atoms with E-state index in [-0.39, 0.29) is 6.61 Å². The van der Waals surface area contributed by atoms with E-state index in [2.05, 4.69) is 5.32 Å². The van der Waals surface area contributed by atoms with Gasteiger partial charge in [0.15, 0.2) is 0 Å². The van der Waals surface area contributed by atoms with Crippen molar-refractivity contribution in [1.29, 1.82) is 0 Å². The van der Waals surface area contributed by atoms with E-state index in [9.17, 15) is 14.4 Å². The molecule has 0 aliphatic heterocycles. The molecular formula is C13H15NO5. The summed E-state index contributed by atoms with van der Waals surface area (Å²) in [6.07, 6.45) is -0.402. The molecule has 0 fully saturated rings. The first-order valence-electron chi connectivity index (χ1n) is 5.70. The number of carboxylic acids is 1. The second kappa shape index (κ2) is 7.15. The van der Waals surface area contributed by atoms with Gasteiger partial charge in [0.25, 0.3) is 0 Å². The van der Waals surface area contributed by atoms with Crippen molar-refractivity contribution in [3.8, 4) is 0 Å². The zero-order chi connectivity index (χ0) is 14.3. The zero-order valence-corrected chi connectivity index (χ0v) is 10.4. The third kappa shape index (κ3) is 4.79. The Kier molecular flexibility index (Phi) is 5.53. The Bertz CT molecular complexity index is 446. The molecule has 0 radical (unpaired) electrons. The van der Waals surface area contributed by atoms with Crippen molar-refractivity contribution in [2.45, 2.75) is 19.6 Å². The average Bonchev–Trinajstić information content (AvgIpc) is 2.42. The lowest BCUT2D eigenvalue weighted by Crippen LogP contribution is -2.45. The Morgan fingerprint density at radius 3 is 2.53 bits per heavy atom. The van der Waals surface area contributed by atoms with Crippen LogP contribution < -0.4 is 5.32 Å². The third-order valence-electron chi connectivity index (χ3n) is 2.49. The molecule has 0 aliphatic rings. The molecule has 1 amide bonds. The SMILES string of the molecule is C[C@@H](C=O)[C@H](NC(=O)OCc1ccccc1)C(=O)O. The van der Waals surface area contributed by atoms with Crippen LogP contribution in [0.15, 0.2) is 30.3 Å². The summed E-state index contributed by atoms with van der Waals surface area (Å²) in [7, 11) is 0. The van der Waals surface area contributed by atoms with Crippen LogP contribution in [-0.2, 0) is 20.9 Å². The highest BCUT2D eigenvalue weighted by molar-refractivity contribution is 5.83. The Morgan fingerprint density at radius 1 is 1.37 bits per heavy atom. The highest BCUT2D eigenvalue weighted by Crippen LogP contribution is 2.03. The van der Waals surface area contributed by atoms with Gasteiger partial charge in [-0.05, 0) is 5.56 Å². The second-order valence-corrected chi connectivity index (χ2v) is 4.02. The Morgan fingerprint density at radius 2 is 2.00 bits per heavy atom. The lowest BCUT2D eigenvalue weighted by molar-refractivity contribution is -0.141. The summed E-state index contributed by atoms with van der Waals surface area (Å²) in [5.41, 5.74) is 0.785. The number of rotatable bonds is 6. The molecule has 0 bridgehead atoms. The predicted octanol–water partition coefficient (Wildman–Crippen LogP) is 1.20. The topological polar surface area (TPSA) is 92.7 Å². The second-order valence-electron chi connectivity index (χ2n) is 4.02. The maximum Gasteiger partial charge on any atom is 0.408 e. The quantitative estimate of drug-likeness (QED) is 0.754. The summed E-state index contributed by atoms with van der Waals surface area (Å²) in [5, 5.41) is 11.0. The Balaban J connectivity index is 2.49. The van der Waals surface area contributed by atoms with Gasteiger partial charge in [0.05, 0.1) is 0 Å². The molecule has 1 aromatic rings. The summed E-state index contributed by atoms with van der Waals surface area (Å²) in [6.45, 7) is 1.44. The van der Waals surface area contributed by atoms with E-state index in [0.29, 0.717) is 6.29 Å². The van der Waals surface area contributed by atoms with Gasteiger partial charge in [-0.3, -0.25) is 0 Å². The maximum atomic E-state index is 11.4. The Labute approximate surface area is 110 Å². The molecule has 19 heavy (non-hydrogen) atoms. The molecular weight excluding hydrogens is 250 g/mol. The fourth-order valence-electron chi connectivity index (χ4n) is 1.39. The molecule has 102 valence electrons. The molecule has 0 unspecified atom stereocenters.